The van der Waals surface area contributed by atoms with E-state index in [9.17, 15) is 19.5 Å². The minimum Gasteiger partial charge on any atom is -0.394 e. The summed E-state index contributed by atoms with van der Waals surface area (Å²) in [7, 11) is 0. The van der Waals surface area contributed by atoms with E-state index < -0.39 is 23.9 Å². The van der Waals surface area contributed by atoms with Gasteiger partial charge in [0.05, 0.1) is 12.3 Å². The van der Waals surface area contributed by atoms with Crippen LogP contribution < -0.4 is 22.5 Å². The van der Waals surface area contributed by atoms with E-state index in [2.05, 4.69) is 22.1 Å². The summed E-state index contributed by atoms with van der Waals surface area (Å²) in [5.74, 6) is 0.266. The smallest absolute Gasteiger partial charge is 0.354 e. The summed E-state index contributed by atoms with van der Waals surface area (Å²) in [6.07, 6.45) is 2.58. The number of carbonyl (C=O) groups is 2. The number of aromatic nitrogens is 2. The Labute approximate surface area is 234 Å². The number of aliphatic hydroxyl groups is 1. The van der Waals surface area contributed by atoms with Gasteiger partial charge < -0.3 is 26.4 Å². The third-order valence-corrected chi connectivity index (χ3v) is 7.39. The predicted octanol–water partition coefficient (Wildman–Crippen LogP) is 0.209. The largest absolute Gasteiger partial charge is 0.394 e. The minimum absolute atomic E-state index is 0. The van der Waals surface area contributed by atoms with Crippen molar-refractivity contribution in [3.05, 3.63) is 52.6 Å². The van der Waals surface area contributed by atoms with Crippen molar-refractivity contribution in [1.82, 2.24) is 24.3 Å². The van der Waals surface area contributed by atoms with Crippen molar-refractivity contribution in [2.75, 3.05) is 51.2 Å². The predicted molar refractivity (Wildman–Crippen MR) is 151 cm³/mol. The lowest BCUT2D eigenvalue weighted by atomic mass is 9.94. The number of nitrogens with two attached hydrogens (primary N) is 2. The number of hydrogen-bond donors (Lipinski definition) is 4. The number of rotatable bonds is 6. The molecule has 4 rings (SSSR count). The first-order valence-electron chi connectivity index (χ1n) is 13.0. The zero-order valence-electron chi connectivity index (χ0n) is 22.5. The topological polar surface area (TPSA) is 163 Å². The maximum atomic E-state index is 12.7. The molecule has 2 saturated heterocycles. The molecule has 13 heteroatoms. The Kier molecular flexibility index (Phi) is 10.1. The lowest BCUT2D eigenvalue weighted by Crippen LogP contribution is -2.60. The van der Waals surface area contributed by atoms with Crippen LogP contribution in [0.4, 0.5) is 10.6 Å². The maximum Gasteiger partial charge on any atom is 0.354 e. The molecule has 3 atom stereocenters. The zero-order chi connectivity index (χ0) is 27.4. The molecule has 3 amide bonds. The Morgan fingerprint density at radius 3 is 2.33 bits per heavy atom. The highest BCUT2D eigenvalue weighted by atomic mass is 35.5. The number of urea groups is 1. The van der Waals surface area contributed by atoms with Gasteiger partial charge in [0, 0.05) is 51.5 Å². The Balaban J connectivity index is 0.00000420. The summed E-state index contributed by atoms with van der Waals surface area (Å²) in [6, 6.07) is 9.23. The van der Waals surface area contributed by atoms with Crippen LogP contribution in [-0.2, 0) is 11.3 Å². The van der Waals surface area contributed by atoms with Crippen molar-refractivity contribution >= 4 is 30.2 Å². The van der Waals surface area contributed by atoms with Gasteiger partial charge in [0.2, 0.25) is 5.91 Å². The van der Waals surface area contributed by atoms with E-state index in [4.69, 9.17) is 11.5 Å². The lowest BCUT2D eigenvalue weighted by molar-refractivity contribution is -0.139. The lowest BCUT2D eigenvalue weighted by Gasteiger charge is -2.37. The van der Waals surface area contributed by atoms with Crippen LogP contribution in [0, 0.1) is 5.92 Å². The molecule has 2 aromatic rings. The highest BCUT2D eigenvalue weighted by molar-refractivity contribution is 5.89. The van der Waals surface area contributed by atoms with E-state index in [1.165, 1.54) is 16.4 Å². The van der Waals surface area contributed by atoms with Gasteiger partial charge in [-0.25, -0.2) is 9.59 Å². The van der Waals surface area contributed by atoms with Gasteiger partial charge in [-0.05, 0) is 49.6 Å². The van der Waals surface area contributed by atoms with Crippen molar-refractivity contribution in [1.29, 1.82) is 0 Å². The molecule has 3 heterocycles. The average molecular weight is 563 g/mol. The van der Waals surface area contributed by atoms with Crippen LogP contribution in [0.3, 0.4) is 0 Å². The van der Waals surface area contributed by atoms with Gasteiger partial charge in [-0.1, -0.05) is 19.1 Å². The molecule has 0 spiro atoms. The molecule has 6 N–H and O–H groups in total. The Hall–Kier alpha value is -3.03. The number of hydrogen-bond acceptors (Lipinski definition) is 8. The van der Waals surface area contributed by atoms with Gasteiger partial charge in [0.25, 0.3) is 0 Å². The summed E-state index contributed by atoms with van der Waals surface area (Å²) < 4.78 is 1.43. The van der Waals surface area contributed by atoms with Crippen molar-refractivity contribution in [3.63, 3.8) is 0 Å². The van der Waals surface area contributed by atoms with Crippen LogP contribution in [0.5, 0.6) is 0 Å². The molecule has 2 unspecified atom stereocenters. The van der Waals surface area contributed by atoms with Crippen molar-refractivity contribution in [2.24, 2.45) is 17.4 Å². The Morgan fingerprint density at radius 2 is 1.74 bits per heavy atom. The van der Waals surface area contributed by atoms with Gasteiger partial charge in [0.15, 0.2) is 0 Å². The van der Waals surface area contributed by atoms with E-state index in [1.807, 2.05) is 24.3 Å². The minimum atomic E-state index is -1.35. The molecule has 2 fully saturated rings. The highest BCUT2D eigenvalue weighted by Crippen LogP contribution is 2.18. The van der Waals surface area contributed by atoms with E-state index in [-0.39, 0.29) is 30.2 Å². The van der Waals surface area contributed by atoms with Gasteiger partial charge in [-0.3, -0.25) is 19.6 Å². The average Bonchev–Trinajstić information content (AvgIpc) is 2.91. The van der Waals surface area contributed by atoms with Crippen LogP contribution in [-0.4, -0.2) is 98.8 Å². The summed E-state index contributed by atoms with van der Waals surface area (Å²) in [4.78, 5) is 47.3. The van der Waals surface area contributed by atoms with Crippen LogP contribution in [0.2, 0.25) is 0 Å². The molecule has 2 aliphatic rings. The molecule has 39 heavy (non-hydrogen) atoms. The van der Waals surface area contributed by atoms with Gasteiger partial charge in [-0.15, -0.1) is 12.4 Å². The summed E-state index contributed by atoms with van der Waals surface area (Å²) in [6.45, 7) is 7.19. The maximum absolute atomic E-state index is 12.7. The number of anilines is 1. The second-order valence-electron chi connectivity index (χ2n) is 10.6. The van der Waals surface area contributed by atoms with Crippen LogP contribution in [0.15, 0.2) is 41.3 Å². The number of benzene rings is 1. The fraction of sp³-hybridized carbons (Fsp3) is 0.538. The van der Waals surface area contributed by atoms with E-state index >= 15 is 0 Å². The number of amides is 3. The van der Waals surface area contributed by atoms with Crippen LogP contribution >= 0.6 is 12.4 Å². The van der Waals surface area contributed by atoms with Crippen LogP contribution in [0.25, 0.3) is 5.69 Å². The monoisotopic (exact) mass is 562 g/mol. The van der Waals surface area contributed by atoms with Gasteiger partial charge in [-0.2, -0.15) is 4.98 Å². The summed E-state index contributed by atoms with van der Waals surface area (Å²) in [5, 5.41) is 12.0. The number of nitrogens with one attached hydrogen (secondary N) is 1. The third-order valence-electron chi connectivity index (χ3n) is 7.39. The number of piperazine rings is 1. The summed E-state index contributed by atoms with van der Waals surface area (Å²) in [5.41, 5.74) is 12.0. The third kappa shape index (κ3) is 7.34. The zero-order valence-corrected chi connectivity index (χ0v) is 23.3. The molecule has 2 aliphatic heterocycles. The fourth-order valence-electron chi connectivity index (χ4n) is 4.81. The highest BCUT2D eigenvalue weighted by Gasteiger charge is 2.34. The van der Waals surface area contributed by atoms with Gasteiger partial charge in [0.1, 0.15) is 11.4 Å². The second kappa shape index (κ2) is 12.9. The molecular formula is C26H39ClN8O4. The number of aliphatic hydroxyl groups excluding tert-OH is 1. The van der Waals surface area contributed by atoms with E-state index in [0.29, 0.717) is 37.8 Å². The normalized spacial score (nSPS) is 21.6. The Bertz CT molecular complexity index is 1200. The molecule has 0 bridgehead atoms. The quantitative estimate of drug-likeness (QED) is 0.388. The standard InChI is InChI=1S/C26H38N8O4.ClH/c1-18-15-31(9-7-21(18)27)16-19-3-5-20(6-4-19)34-10-8-22(30-25(34)38)29-24(37)33-13-11-32(12-14-33)23(36)26(2,28)17-35;/h3-6,8,10,18,21,35H,7,9,11-17,27-28H2,1-2H3,(H,29,30,37,38);1H/t18?,21?,26-;/m0./s1. The molecule has 0 aliphatic carbocycles. The first-order chi connectivity index (χ1) is 18.1. The molecule has 1 aromatic heterocycles. The molecular weight excluding hydrogens is 524 g/mol. The molecule has 214 valence electrons. The SMILES string of the molecule is CC1CN(Cc2ccc(-n3ccc(NC(=O)N4CCN(C(=O)[C@@](C)(N)CO)CC4)nc3=O)cc2)CCC1N.Cl. The van der Waals surface area contributed by atoms with Crippen LogP contribution in [0.1, 0.15) is 25.8 Å². The van der Waals surface area contributed by atoms with Crippen molar-refractivity contribution < 1.29 is 14.7 Å². The van der Waals surface area contributed by atoms with E-state index in [1.54, 1.807) is 17.2 Å². The van der Waals surface area contributed by atoms with Crippen molar-refractivity contribution in [3.8, 4) is 5.69 Å². The number of likely N-dealkylation sites (tertiary alicyclic amines) is 1. The number of piperidine rings is 1. The molecule has 0 radical (unpaired) electrons. The Morgan fingerprint density at radius 1 is 1.10 bits per heavy atom. The number of halogens is 1. The molecule has 0 saturated carbocycles. The van der Waals surface area contributed by atoms with E-state index in [0.717, 1.165) is 31.6 Å². The summed E-state index contributed by atoms with van der Waals surface area (Å²) >= 11 is 0. The second-order valence-corrected chi connectivity index (χ2v) is 10.6. The first kappa shape index (κ1) is 30.5. The molecule has 1 aromatic carbocycles. The molecule has 12 nitrogen and oxygen atoms in total. The first-order valence-corrected chi connectivity index (χ1v) is 13.0. The number of nitrogens with zero attached hydrogens (tertiary/aromatic N) is 5. The van der Waals surface area contributed by atoms with Crippen molar-refractivity contribution in [2.45, 2.75) is 38.4 Å². The fourth-order valence-corrected chi connectivity index (χ4v) is 4.81. The number of carbonyl (C=O) groups excluding carboxylic acids is 2. The van der Waals surface area contributed by atoms with Gasteiger partial charge >= 0.3 is 11.7 Å².